The van der Waals surface area contributed by atoms with E-state index < -0.39 is 0 Å². The largest absolute Gasteiger partial charge is 0.341 e. The van der Waals surface area contributed by atoms with Crippen molar-refractivity contribution in [2.45, 2.75) is 53.6 Å². The molecule has 22 heavy (non-hydrogen) atoms. The summed E-state index contributed by atoms with van der Waals surface area (Å²) >= 11 is 1.83. The summed E-state index contributed by atoms with van der Waals surface area (Å²) in [6.45, 7) is 14.3. The van der Waals surface area contributed by atoms with Gasteiger partial charge in [0.05, 0.1) is 6.54 Å². The van der Waals surface area contributed by atoms with E-state index in [1.807, 2.05) is 11.3 Å². The van der Waals surface area contributed by atoms with Gasteiger partial charge >= 0.3 is 0 Å². The van der Waals surface area contributed by atoms with Crippen LogP contribution in [0.25, 0.3) is 0 Å². The molecule has 0 radical (unpaired) electrons. The number of piperidine rings is 1. The maximum absolute atomic E-state index is 12.7. The van der Waals surface area contributed by atoms with Crippen LogP contribution in [0.4, 0.5) is 0 Å². The minimum Gasteiger partial charge on any atom is -0.341 e. The fourth-order valence-corrected chi connectivity index (χ4v) is 4.25. The van der Waals surface area contributed by atoms with Gasteiger partial charge in [-0.2, -0.15) is 0 Å². The highest BCUT2D eigenvalue weighted by Gasteiger charge is 2.27. The van der Waals surface area contributed by atoms with E-state index in [2.05, 4.69) is 56.6 Å². The second-order valence-corrected chi connectivity index (χ2v) is 8.63. The van der Waals surface area contributed by atoms with Gasteiger partial charge in [0.2, 0.25) is 5.91 Å². The van der Waals surface area contributed by atoms with Gasteiger partial charge in [-0.25, -0.2) is 0 Å². The third-order valence-electron chi connectivity index (χ3n) is 4.45. The lowest BCUT2D eigenvalue weighted by Crippen LogP contribution is -2.48. The molecule has 124 valence electrons. The fourth-order valence-electron chi connectivity index (χ4n) is 3.33. The Labute approximate surface area is 139 Å². The van der Waals surface area contributed by atoms with Crippen LogP contribution in [0.5, 0.6) is 0 Å². The summed E-state index contributed by atoms with van der Waals surface area (Å²) in [6.07, 6.45) is 1.24. The molecule has 2 unspecified atom stereocenters. The Hall–Kier alpha value is -0.870. The van der Waals surface area contributed by atoms with Crippen LogP contribution in [0.1, 0.15) is 43.9 Å². The van der Waals surface area contributed by atoms with Gasteiger partial charge in [-0.3, -0.25) is 9.69 Å². The summed E-state index contributed by atoms with van der Waals surface area (Å²) < 4.78 is 0. The molecule has 0 aromatic carbocycles. The van der Waals surface area contributed by atoms with Crippen LogP contribution >= 0.6 is 11.3 Å². The number of likely N-dealkylation sites (tertiary alicyclic amines) is 1. The molecule has 2 heterocycles. The van der Waals surface area contributed by atoms with E-state index in [0.29, 0.717) is 30.3 Å². The van der Waals surface area contributed by atoms with Crippen molar-refractivity contribution in [2.24, 2.45) is 11.8 Å². The van der Waals surface area contributed by atoms with E-state index in [0.717, 1.165) is 19.6 Å². The molecule has 0 N–H and O–H groups in total. The normalized spacial score (nSPS) is 22.6. The van der Waals surface area contributed by atoms with E-state index >= 15 is 0 Å². The van der Waals surface area contributed by atoms with Crippen LogP contribution in [0, 0.1) is 18.8 Å². The zero-order valence-electron chi connectivity index (χ0n) is 14.6. The zero-order chi connectivity index (χ0) is 16.3. The molecule has 2 atom stereocenters. The molecular formula is C18H30N2OS. The maximum atomic E-state index is 12.7. The Morgan fingerprint density at radius 1 is 1.32 bits per heavy atom. The molecule has 0 saturated carbocycles. The van der Waals surface area contributed by atoms with E-state index in [1.54, 1.807) is 0 Å². The molecule has 0 spiro atoms. The van der Waals surface area contributed by atoms with Gasteiger partial charge in [0.25, 0.3) is 0 Å². The third kappa shape index (κ3) is 4.82. The summed E-state index contributed by atoms with van der Waals surface area (Å²) in [5.41, 5.74) is 0. The molecule has 1 saturated heterocycles. The molecule has 1 aliphatic heterocycles. The average molecular weight is 323 g/mol. The number of hydrogen-bond donors (Lipinski definition) is 0. The first-order chi connectivity index (χ1) is 10.3. The fraction of sp³-hybridized carbons (Fsp3) is 0.722. The number of carbonyl (C=O) groups excluding carboxylic acids is 1. The Balaban J connectivity index is 1.96. The van der Waals surface area contributed by atoms with Gasteiger partial charge in [0.1, 0.15) is 0 Å². The van der Waals surface area contributed by atoms with Crippen molar-refractivity contribution in [3.05, 3.63) is 21.9 Å². The van der Waals surface area contributed by atoms with Crippen molar-refractivity contribution >= 4 is 17.2 Å². The van der Waals surface area contributed by atoms with Crippen LogP contribution in [0.2, 0.25) is 0 Å². The summed E-state index contributed by atoms with van der Waals surface area (Å²) in [7, 11) is 0. The number of amides is 1. The number of aryl methyl sites for hydroxylation is 1. The summed E-state index contributed by atoms with van der Waals surface area (Å²) in [4.78, 5) is 19.7. The Morgan fingerprint density at radius 3 is 2.45 bits per heavy atom. The van der Waals surface area contributed by atoms with Gasteiger partial charge in [-0.1, -0.05) is 13.8 Å². The predicted molar refractivity (Wildman–Crippen MR) is 94.1 cm³/mol. The van der Waals surface area contributed by atoms with Crippen LogP contribution in [0.3, 0.4) is 0 Å². The van der Waals surface area contributed by atoms with Crippen molar-refractivity contribution in [2.75, 3.05) is 19.6 Å². The Kier molecular flexibility index (Phi) is 6.04. The molecule has 1 aromatic heterocycles. The molecule has 1 fully saturated rings. The van der Waals surface area contributed by atoms with E-state index in [9.17, 15) is 4.79 Å². The Bertz CT molecular complexity index is 487. The van der Waals surface area contributed by atoms with Crippen molar-refractivity contribution in [3.63, 3.8) is 0 Å². The SMILES string of the molecule is Cc1ccc(CN(CC(=O)N2CC(C)CC(C)C2)C(C)C)s1. The van der Waals surface area contributed by atoms with Crippen molar-refractivity contribution in [3.8, 4) is 0 Å². The lowest BCUT2D eigenvalue weighted by atomic mass is 9.92. The van der Waals surface area contributed by atoms with Crippen molar-refractivity contribution in [1.29, 1.82) is 0 Å². The van der Waals surface area contributed by atoms with Gasteiger partial charge in [0, 0.05) is 35.4 Å². The molecule has 0 bridgehead atoms. The first-order valence-electron chi connectivity index (χ1n) is 8.42. The molecule has 2 rings (SSSR count). The number of carbonyl (C=O) groups is 1. The smallest absolute Gasteiger partial charge is 0.236 e. The van der Waals surface area contributed by atoms with Crippen LogP contribution in [0.15, 0.2) is 12.1 Å². The predicted octanol–water partition coefficient (Wildman–Crippen LogP) is 3.77. The van der Waals surface area contributed by atoms with Crippen molar-refractivity contribution < 1.29 is 4.79 Å². The van der Waals surface area contributed by atoms with Gasteiger partial charge in [-0.15, -0.1) is 11.3 Å². The van der Waals surface area contributed by atoms with Gasteiger partial charge < -0.3 is 4.90 Å². The van der Waals surface area contributed by atoms with Crippen molar-refractivity contribution in [1.82, 2.24) is 9.80 Å². The summed E-state index contributed by atoms with van der Waals surface area (Å²) in [5, 5.41) is 0. The number of thiophene rings is 1. The topological polar surface area (TPSA) is 23.6 Å². The molecule has 3 nitrogen and oxygen atoms in total. The molecule has 0 aliphatic carbocycles. The van der Waals surface area contributed by atoms with E-state index in [1.165, 1.54) is 16.2 Å². The molecule has 1 amide bonds. The van der Waals surface area contributed by atoms with Crippen LogP contribution in [-0.4, -0.2) is 41.4 Å². The molecule has 4 heteroatoms. The van der Waals surface area contributed by atoms with Gasteiger partial charge in [0.15, 0.2) is 0 Å². The lowest BCUT2D eigenvalue weighted by molar-refractivity contribution is -0.135. The Morgan fingerprint density at radius 2 is 1.95 bits per heavy atom. The molecule has 1 aromatic rings. The van der Waals surface area contributed by atoms with Crippen LogP contribution < -0.4 is 0 Å². The lowest BCUT2D eigenvalue weighted by Gasteiger charge is -2.36. The third-order valence-corrected chi connectivity index (χ3v) is 5.43. The summed E-state index contributed by atoms with van der Waals surface area (Å²) in [6, 6.07) is 4.73. The minimum atomic E-state index is 0.292. The highest BCUT2D eigenvalue weighted by Crippen LogP contribution is 2.22. The van der Waals surface area contributed by atoms with Crippen LogP contribution in [-0.2, 0) is 11.3 Å². The highest BCUT2D eigenvalue weighted by molar-refractivity contribution is 7.11. The average Bonchev–Trinajstić information content (AvgIpc) is 2.82. The number of nitrogens with zero attached hydrogens (tertiary/aromatic N) is 2. The number of hydrogen-bond acceptors (Lipinski definition) is 3. The van der Waals surface area contributed by atoms with E-state index in [4.69, 9.17) is 0 Å². The monoisotopic (exact) mass is 322 g/mol. The highest BCUT2D eigenvalue weighted by atomic mass is 32.1. The van der Waals surface area contributed by atoms with E-state index in [-0.39, 0.29) is 0 Å². The summed E-state index contributed by atoms with van der Waals surface area (Å²) in [5.74, 6) is 1.54. The second kappa shape index (κ2) is 7.60. The standard InChI is InChI=1S/C18H30N2OS/c1-13(2)19(11-17-7-6-16(5)22-17)12-18(21)20-9-14(3)8-15(4)10-20/h6-7,13-15H,8-12H2,1-5H3. The van der Waals surface area contributed by atoms with Gasteiger partial charge in [-0.05, 0) is 51.2 Å². The quantitative estimate of drug-likeness (QED) is 0.824. The maximum Gasteiger partial charge on any atom is 0.236 e. The first kappa shape index (κ1) is 17.5. The molecular weight excluding hydrogens is 292 g/mol. The minimum absolute atomic E-state index is 0.292. The number of rotatable bonds is 5. The molecule has 1 aliphatic rings. The first-order valence-corrected chi connectivity index (χ1v) is 9.24. The second-order valence-electron chi connectivity index (χ2n) is 7.26. The zero-order valence-corrected chi connectivity index (χ0v) is 15.4.